The van der Waals surface area contributed by atoms with Crippen LogP contribution < -0.4 is 4.90 Å². The van der Waals surface area contributed by atoms with E-state index in [9.17, 15) is 0 Å². The van der Waals surface area contributed by atoms with Crippen molar-refractivity contribution in [2.45, 2.75) is 38.5 Å². The fourth-order valence-corrected chi connectivity index (χ4v) is 10.2. The molecule has 0 saturated heterocycles. The van der Waals surface area contributed by atoms with Gasteiger partial charge in [-0.2, -0.15) is 0 Å². The number of fused-ring (bicyclic) bond motifs is 6. The lowest BCUT2D eigenvalue weighted by Crippen LogP contribution is -2.25. The summed E-state index contributed by atoms with van der Waals surface area (Å²) in [6.07, 6.45) is 0. The number of anilines is 3. The van der Waals surface area contributed by atoms with Gasteiger partial charge in [-0.25, -0.2) is 0 Å². The molecule has 1 nitrogen and oxygen atoms in total. The van der Waals surface area contributed by atoms with Crippen molar-refractivity contribution < 1.29 is 0 Å². The Bertz CT molecular complexity index is 3060. The lowest BCUT2D eigenvalue weighted by Gasteiger charge is -2.39. The molecular weight excluding hydrogens is 687 g/mol. The molecule has 0 unspecified atom stereocenters. The number of benzene rings is 9. The highest BCUT2D eigenvalue weighted by Gasteiger charge is 2.39. The van der Waals surface area contributed by atoms with E-state index in [1.54, 1.807) is 0 Å². The Morgan fingerprint density at radius 1 is 0.351 bits per heavy atom. The summed E-state index contributed by atoms with van der Waals surface area (Å²) in [4.78, 5) is 2.48. The number of hydrogen-bond acceptors (Lipinski definition) is 1. The zero-order valence-corrected chi connectivity index (χ0v) is 32.8. The molecule has 57 heavy (non-hydrogen) atoms. The van der Waals surface area contributed by atoms with E-state index in [0.717, 1.165) is 11.4 Å². The molecule has 9 aromatic rings. The molecule has 0 amide bonds. The highest BCUT2D eigenvalue weighted by atomic mass is 15.1. The SMILES string of the molecule is CC1(C)c2ccccc2-c2ccc(-c3cccc4c3C(C)(C)c3cccc5ccc(N(c6ccc(-c7ccccc7)cc6)c6ccc7ccccc7c6)c-4c35)cc21. The van der Waals surface area contributed by atoms with Gasteiger partial charge >= 0.3 is 0 Å². The van der Waals surface area contributed by atoms with Gasteiger partial charge in [0.25, 0.3) is 0 Å². The Morgan fingerprint density at radius 2 is 0.947 bits per heavy atom. The van der Waals surface area contributed by atoms with Crippen LogP contribution >= 0.6 is 0 Å². The first kappa shape index (κ1) is 33.6. The maximum atomic E-state index is 2.48. The number of nitrogens with zero attached hydrogens (tertiary/aromatic N) is 1. The molecule has 0 atom stereocenters. The minimum Gasteiger partial charge on any atom is -0.310 e. The standard InChI is InChI=1S/C56H43N/c1-55(2)48-22-11-10-19-45(48)46-32-27-41(35-50(46)55)44-20-13-21-47-53-51(33-28-39-18-12-23-49(52(39)53)56(3,4)54(44)47)57(43-31-26-37-16-8-9-17-40(37)34-43)42-29-24-38(25-30-42)36-14-6-5-7-15-36/h5-35H,1-4H3. The largest absolute Gasteiger partial charge is 0.310 e. The maximum Gasteiger partial charge on any atom is 0.0546 e. The molecule has 1 heteroatoms. The van der Waals surface area contributed by atoms with E-state index in [1.807, 2.05) is 0 Å². The van der Waals surface area contributed by atoms with Crippen molar-refractivity contribution in [3.63, 3.8) is 0 Å². The molecular formula is C56H43N. The summed E-state index contributed by atoms with van der Waals surface area (Å²) in [5.41, 5.74) is 19.0. The van der Waals surface area contributed by atoms with Crippen LogP contribution in [0.3, 0.4) is 0 Å². The zero-order chi connectivity index (χ0) is 38.5. The maximum absolute atomic E-state index is 2.48. The summed E-state index contributed by atoms with van der Waals surface area (Å²) in [5, 5.41) is 5.06. The Morgan fingerprint density at radius 3 is 1.79 bits per heavy atom. The first-order valence-electron chi connectivity index (χ1n) is 20.2. The van der Waals surface area contributed by atoms with Gasteiger partial charge < -0.3 is 4.90 Å². The van der Waals surface area contributed by atoms with Gasteiger partial charge in [-0.1, -0.05) is 179 Å². The van der Waals surface area contributed by atoms with Crippen LogP contribution in [0.25, 0.3) is 66.1 Å². The van der Waals surface area contributed by atoms with Gasteiger partial charge in [-0.05, 0) is 119 Å². The summed E-state index contributed by atoms with van der Waals surface area (Å²) >= 11 is 0. The molecule has 0 bridgehead atoms. The van der Waals surface area contributed by atoms with Crippen LogP contribution in [0.15, 0.2) is 188 Å². The molecule has 0 radical (unpaired) electrons. The third kappa shape index (κ3) is 5.02. The van der Waals surface area contributed by atoms with Crippen molar-refractivity contribution in [1.29, 1.82) is 0 Å². The van der Waals surface area contributed by atoms with Gasteiger partial charge in [0.05, 0.1) is 5.69 Å². The van der Waals surface area contributed by atoms with Crippen LogP contribution in [-0.2, 0) is 10.8 Å². The fraction of sp³-hybridized carbons (Fsp3) is 0.107. The van der Waals surface area contributed by atoms with E-state index in [1.165, 1.54) is 94.0 Å². The first-order chi connectivity index (χ1) is 27.8. The monoisotopic (exact) mass is 729 g/mol. The Balaban J connectivity index is 1.16. The minimum atomic E-state index is -0.250. The van der Waals surface area contributed by atoms with E-state index < -0.39 is 0 Å². The van der Waals surface area contributed by atoms with Crippen molar-refractivity contribution in [2.75, 3.05) is 4.90 Å². The lowest BCUT2D eigenvalue weighted by molar-refractivity contribution is 0.646. The Hall–Kier alpha value is -6.70. The van der Waals surface area contributed by atoms with Crippen LogP contribution in [0.4, 0.5) is 17.1 Å². The van der Waals surface area contributed by atoms with Crippen LogP contribution in [0.1, 0.15) is 49.9 Å². The molecule has 272 valence electrons. The minimum absolute atomic E-state index is 0.0753. The smallest absolute Gasteiger partial charge is 0.0546 e. The summed E-state index contributed by atoms with van der Waals surface area (Å²) in [5.74, 6) is 0. The van der Waals surface area contributed by atoms with Crippen molar-refractivity contribution in [3.05, 3.63) is 210 Å². The summed E-state index contributed by atoms with van der Waals surface area (Å²) in [6, 6.07) is 70.1. The van der Waals surface area contributed by atoms with E-state index in [4.69, 9.17) is 0 Å². The first-order valence-corrected chi connectivity index (χ1v) is 20.2. The molecule has 9 aromatic carbocycles. The zero-order valence-electron chi connectivity index (χ0n) is 32.8. The molecule has 11 rings (SSSR count). The molecule has 0 aromatic heterocycles. The Labute approximate surface area is 335 Å². The highest BCUT2D eigenvalue weighted by Crippen LogP contribution is 2.57. The van der Waals surface area contributed by atoms with Crippen molar-refractivity contribution >= 4 is 38.6 Å². The second kappa shape index (κ2) is 12.4. The van der Waals surface area contributed by atoms with Crippen LogP contribution in [0, 0.1) is 0 Å². The fourth-order valence-electron chi connectivity index (χ4n) is 10.2. The molecule has 0 fully saturated rings. The molecule has 2 aliphatic rings. The average Bonchev–Trinajstić information content (AvgIpc) is 3.48. The van der Waals surface area contributed by atoms with E-state index >= 15 is 0 Å². The van der Waals surface area contributed by atoms with Crippen LogP contribution in [0.2, 0.25) is 0 Å². The molecule has 2 aliphatic carbocycles. The second-order valence-corrected chi connectivity index (χ2v) is 16.9. The molecule has 0 N–H and O–H groups in total. The summed E-state index contributed by atoms with van der Waals surface area (Å²) in [6.45, 7) is 9.61. The normalized spacial score (nSPS) is 14.2. The van der Waals surface area contributed by atoms with Crippen LogP contribution in [-0.4, -0.2) is 0 Å². The predicted octanol–water partition coefficient (Wildman–Crippen LogP) is 15.4. The van der Waals surface area contributed by atoms with Gasteiger partial charge in [0, 0.05) is 27.8 Å². The third-order valence-corrected chi connectivity index (χ3v) is 13.0. The van der Waals surface area contributed by atoms with Crippen LogP contribution in [0.5, 0.6) is 0 Å². The average molecular weight is 730 g/mol. The van der Waals surface area contributed by atoms with Gasteiger partial charge in [0.2, 0.25) is 0 Å². The summed E-state index contributed by atoms with van der Waals surface area (Å²) in [7, 11) is 0. The highest BCUT2D eigenvalue weighted by molar-refractivity contribution is 6.11. The van der Waals surface area contributed by atoms with Crippen molar-refractivity contribution in [2.24, 2.45) is 0 Å². The number of hydrogen-bond donors (Lipinski definition) is 0. The predicted molar refractivity (Wildman–Crippen MR) is 242 cm³/mol. The topological polar surface area (TPSA) is 3.24 Å². The van der Waals surface area contributed by atoms with Gasteiger partial charge in [0.1, 0.15) is 0 Å². The second-order valence-electron chi connectivity index (χ2n) is 16.9. The Kier molecular flexibility index (Phi) is 7.32. The van der Waals surface area contributed by atoms with Crippen molar-refractivity contribution in [3.8, 4) is 44.5 Å². The molecule has 0 saturated carbocycles. The summed E-state index contributed by atoms with van der Waals surface area (Å²) < 4.78 is 0. The molecule has 0 spiro atoms. The lowest BCUT2D eigenvalue weighted by atomic mass is 9.66. The van der Waals surface area contributed by atoms with E-state index in [2.05, 4.69) is 221 Å². The quantitative estimate of drug-likeness (QED) is 0.170. The third-order valence-electron chi connectivity index (χ3n) is 13.0. The van der Waals surface area contributed by atoms with E-state index in [0.29, 0.717) is 0 Å². The number of rotatable bonds is 5. The molecule has 0 heterocycles. The van der Waals surface area contributed by atoms with Gasteiger partial charge in [-0.3, -0.25) is 0 Å². The molecule has 0 aliphatic heterocycles. The van der Waals surface area contributed by atoms with Gasteiger partial charge in [0.15, 0.2) is 0 Å². The van der Waals surface area contributed by atoms with Gasteiger partial charge in [-0.15, -0.1) is 0 Å². The van der Waals surface area contributed by atoms with E-state index in [-0.39, 0.29) is 10.8 Å². The van der Waals surface area contributed by atoms with Crippen molar-refractivity contribution in [1.82, 2.24) is 0 Å².